The molecule has 0 aliphatic rings. The van der Waals surface area contributed by atoms with Crippen LogP contribution in [0.15, 0.2) is 12.2 Å². The Morgan fingerprint density at radius 3 is 2.23 bits per heavy atom. The summed E-state index contributed by atoms with van der Waals surface area (Å²) in [6.07, 6.45) is 2.78. The van der Waals surface area contributed by atoms with Gasteiger partial charge in [0.2, 0.25) is 0 Å². The van der Waals surface area contributed by atoms with Gasteiger partial charge in [0.1, 0.15) is 0 Å². The Morgan fingerprint density at radius 2 is 1.85 bits per heavy atom. The van der Waals surface area contributed by atoms with Gasteiger partial charge < -0.3 is 4.74 Å². The first-order valence-corrected chi connectivity index (χ1v) is 5.00. The lowest BCUT2D eigenvalue weighted by Crippen LogP contribution is -2.14. The molecule has 0 aromatic heterocycles. The summed E-state index contributed by atoms with van der Waals surface area (Å²) in [7, 11) is 0. The van der Waals surface area contributed by atoms with Crippen LogP contribution in [0.2, 0.25) is 0 Å². The monoisotopic (exact) mass is 184 g/mol. The van der Waals surface area contributed by atoms with Gasteiger partial charge in [0.15, 0.2) is 0 Å². The van der Waals surface area contributed by atoms with E-state index in [2.05, 4.69) is 20.4 Å². The lowest BCUT2D eigenvalue weighted by molar-refractivity contribution is -0.140. The molecule has 13 heavy (non-hydrogen) atoms. The molecule has 0 bridgehead atoms. The number of esters is 1. The summed E-state index contributed by atoms with van der Waals surface area (Å²) >= 11 is 0. The molecule has 0 atom stereocenters. The van der Waals surface area contributed by atoms with Crippen LogP contribution in [0, 0.1) is 5.92 Å². The molecule has 0 fully saturated rings. The molecule has 2 heteroatoms. The van der Waals surface area contributed by atoms with E-state index in [0.717, 1.165) is 12.8 Å². The molecule has 0 unspecified atom stereocenters. The first-order chi connectivity index (χ1) is 6.15. The van der Waals surface area contributed by atoms with Crippen molar-refractivity contribution >= 4 is 5.97 Å². The summed E-state index contributed by atoms with van der Waals surface area (Å²) in [4.78, 5) is 11.2. The standard InChI is InChI=1S/C11H20O2/c1-5-9(4)11(12)13-8-10(6-2)7-3/h10H,4-8H2,1-3H3. The van der Waals surface area contributed by atoms with Crippen molar-refractivity contribution in [2.75, 3.05) is 6.61 Å². The van der Waals surface area contributed by atoms with E-state index >= 15 is 0 Å². The summed E-state index contributed by atoms with van der Waals surface area (Å²) in [6, 6.07) is 0. The van der Waals surface area contributed by atoms with E-state index in [9.17, 15) is 4.79 Å². The number of carbonyl (C=O) groups is 1. The molecule has 0 rings (SSSR count). The van der Waals surface area contributed by atoms with Crippen LogP contribution in [-0.4, -0.2) is 12.6 Å². The minimum absolute atomic E-state index is 0.241. The predicted molar refractivity (Wildman–Crippen MR) is 54.5 cm³/mol. The molecule has 0 N–H and O–H groups in total. The molecule has 0 saturated heterocycles. The van der Waals surface area contributed by atoms with Crippen molar-refractivity contribution in [2.45, 2.75) is 40.0 Å². The lowest BCUT2D eigenvalue weighted by atomic mass is 10.1. The highest BCUT2D eigenvalue weighted by atomic mass is 16.5. The summed E-state index contributed by atoms with van der Waals surface area (Å²) in [5.41, 5.74) is 0.561. The normalized spacial score (nSPS) is 10.2. The molecule has 0 saturated carbocycles. The van der Waals surface area contributed by atoms with E-state index in [0.29, 0.717) is 24.5 Å². The molecule has 76 valence electrons. The fourth-order valence-electron chi connectivity index (χ4n) is 0.964. The second-order valence-corrected chi connectivity index (χ2v) is 3.24. The molecule has 0 spiro atoms. The average molecular weight is 184 g/mol. The van der Waals surface area contributed by atoms with Gasteiger partial charge in [0.25, 0.3) is 0 Å². The molecular formula is C11H20O2. The van der Waals surface area contributed by atoms with Gasteiger partial charge in [-0.1, -0.05) is 40.2 Å². The van der Waals surface area contributed by atoms with Gasteiger partial charge in [-0.2, -0.15) is 0 Å². The zero-order valence-corrected chi connectivity index (χ0v) is 8.93. The third-order valence-electron chi connectivity index (χ3n) is 2.32. The minimum Gasteiger partial charge on any atom is -0.462 e. The smallest absolute Gasteiger partial charge is 0.333 e. The van der Waals surface area contributed by atoms with Gasteiger partial charge in [-0.3, -0.25) is 0 Å². The van der Waals surface area contributed by atoms with Crippen LogP contribution in [-0.2, 0) is 9.53 Å². The van der Waals surface area contributed by atoms with Crippen molar-refractivity contribution in [2.24, 2.45) is 5.92 Å². The van der Waals surface area contributed by atoms with Crippen LogP contribution >= 0.6 is 0 Å². The van der Waals surface area contributed by atoms with E-state index in [-0.39, 0.29) is 5.97 Å². The van der Waals surface area contributed by atoms with Gasteiger partial charge in [-0.05, 0) is 12.3 Å². The topological polar surface area (TPSA) is 26.3 Å². The van der Waals surface area contributed by atoms with Crippen LogP contribution in [0.25, 0.3) is 0 Å². The highest BCUT2D eigenvalue weighted by molar-refractivity contribution is 5.87. The molecule has 2 nitrogen and oxygen atoms in total. The Bertz CT molecular complexity index is 169. The van der Waals surface area contributed by atoms with Crippen molar-refractivity contribution in [3.63, 3.8) is 0 Å². The lowest BCUT2D eigenvalue weighted by Gasteiger charge is -2.12. The van der Waals surface area contributed by atoms with Gasteiger partial charge >= 0.3 is 5.97 Å². The Balaban J connectivity index is 3.74. The summed E-state index contributed by atoms with van der Waals surface area (Å²) < 4.78 is 5.10. The van der Waals surface area contributed by atoms with Gasteiger partial charge in [0.05, 0.1) is 6.61 Å². The Hall–Kier alpha value is -0.790. The third kappa shape index (κ3) is 4.71. The molecule has 0 heterocycles. The molecule has 0 aliphatic heterocycles. The molecule has 0 amide bonds. The highest BCUT2D eigenvalue weighted by Gasteiger charge is 2.09. The molecule has 0 radical (unpaired) electrons. The number of hydrogen-bond acceptors (Lipinski definition) is 2. The molecule has 0 aliphatic carbocycles. The first-order valence-electron chi connectivity index (χ1n) is 5.00. The fourth-order valence-corrected chi connectivity index (χ4v) is 0.964. The summed E-state index contributed by atoms with van der Waals surface area (Å²) in [6.45, 7) is 10.3. The van der Waals surface area contributed by atoms with E-state index in [4.69, 9.17) is 4.74 Å². The van der Waals surface area contributed by atoms with Crippen molar-refractivity contribution in [3.8, 4) is 0 Å². The van der Waals surface area contributed by atoms with Crippen molar-refractivity contribution in [1.82, 2.24) is 0 Å². The maximum Gasteiger partial charge on any atom is 0.333 e. The summed E-state index contributed by atoms with van der Waals surface area (Å²) in [5, 5.41) is 0. The van der Waals surface area contributed by atoms with Crippen LogP contribution in [0.4, 0.5) is 0 Å². The van der Waals surface area contributed by atoms with Crippen LogP contribution in [0.3, 0.4) is 0 Å². The number of ether oxygens (including phenoxy) is 1. The van der Waals surface area contributed by atoms with E-state index in [1.165, 1.54) is 0 Å². The van der Waals surface area contributed by atoms with Gasteiger partial charge in [-0.15, -0.1) is 0 Å². The van der Waals surface area contributed by atoms with E-state index in [1.54, 1.807) is 0 Å². The second-order valence-electron chi connectivity index (χ2n) is 3.24. The van der Waals surface area contributed by atoms with Gasteiger partial charge in [0, 0.05) is 5.57 Å². The number of hydrogen-bond donors (Lipinski definition) is 0. The van der Waals surface area contributed by atoms with Crippen molar-refractivity contribution < 1.29 is 9.53 Å². The maximum atomic E-state index is 11.2. The largest absolute Gasteiger partial charge is 0.462 e. The molecule has 0 aromatic carbocycles. The molecular weight excluding hydrogens is 164 g/mol. The van der Waals surface area contributed by atoms with Crippen LogP contribution in [0.1, 0.15) is 40.0 Å². The number of carbonyl (C=O) groups excluding carboxylic acids is 1. The van der Waals surface area contributed by atoms with E-state index < -0.39 is 0 Å². The highest BCUT2D eigenvalue weighted by Crippen LogP contribution is 2.09. The van der Waals surface area contributed by atoms with E-state index in [1.807, 2.05) is 6.92 Å². The fraction of sp³-hybridized carbons (Fsp3) is 0.727. The second kappa shape index (κ2) is 6.70. The number of rotatable bonds is 6. The Kier molecular flexibility index (Phi) is 6.29. The zero-order valence-electron chi connectivity index (χ0n) is 8.93. The molecule has 0 aromatic rings. The Morgan fingerprint density at radius 1 is 1.31 bits per heavy atom. The maximum absolute atomic E-state index is 11.2. The van der Waals surface area contributed by atoms with Crippen LogP contribution < -0.4 is 0 Å². The summed E-state index contributed by atoms with van der Waals surface area (Å²) in [5.74, 6) is 0.253. The zero-order chi connectivity index (χ0) is 10.3. The third-order valence-corrected chi connectivity index (χ3v) is 2.32. The SMILES string of the molecule is C=C(CC)C(=O)OCC(CC)CC. The first kappa shape index (κ1) is 12.2. The predicted octanol–water partition coefficient (Wildman–Crippen LogP) is 2.93. The average Bonchev–Trinajstić information content (AvgIpc) is 2.17. The Labute approximate surface area is 81.0 Å². The quantitative estimate of drug-likeness (QED) is 0.468. The van der Waals surface area contributed by atoms with Gasteiger partial charge in [-0.25, -0.2) is 4.79 Å². The van der Waals surface area contributed by atoms with Crippen molar-refractivity contribution in [3.05, 3.63) is 12.2 Å². The van der Waals surface area contributed by atoms with Crippen molar-refractivity contribution in [1.29, 1.82) is 0 Å². The minimum atomic E-state index is -0.241. The van der Waals surface area contributed by atoms with Crippen LogP contribution in [0.5, 0.6) is 0 Å².